The van der Waals surface area contributed by atoms with Crippen LogP contribution in [-0.4, -0.2) is 49.1 Å². The maximum Gasteiger partial charge on any atom is 0.471 e. The van der Waals surface area contributed by atoms with E-state index in [2.05, 4.69) is 12.2 Å². The van der Waals surface area contributed by atoms with E-state index in [1.165, 1.54) is 0 Å². The second-order valence-electron chi connectivity index (χ2n) is 2.92. The molecule has 0 aliphatic carbocycles. The smallest absolute Gasteiger partial charge is 0.376 e. The molecule has 0 aromatic heterocycles. The standard InChI is InChI=1S/C6H9F3N2O3S2/c1-16(13,14)3-2-11(5(10)15)4(12)6(7,8)9/h2-3H2,1H3,(H2,10,15). The Labute approximate surface area is 95.3 Å². The van der Waals surface area contributed by atoms with E-state index >= 15 is 0 Å². The van der Waals surface area contributed by atoms with Crippen molar-refractivity contribution in [3.05, 3.63) is 0 Å². The third kappa shape index (κ3) is 5.26. The van der Waals surface area contributed by atoms with Crippen LogP contribution in [0.2, 0.25) is 0 Å². The average molecular weight is 278 g/mol. The number of amides is 1. The number of nitrogens with zero attached hydrogens (tertiary/aromatic N) is 1. The van der Waals surface area contributed by atoms with Gasteiger partial charge in [-0.2, -0.15) is 13.2 Å². The van der Waals surface area contributed by atoms with Crippen molar-refractivity contribution in [2.45, 2.75) is 6.18 Å². The summed E-state index contributed by atoms with van der Waals surface area (Å²) in [6, 6.07) is 0. The van der Waals surface area contributed by atoms with Crippen LogP contribution in [-0.2, 0) is 14.6 Å². The third-order valence-electron chi connectivity index (χ3n) is 1.44. The predicted molar refractivity (Wildman–Crippen MR) is 54.3 cm³/mol. The van der Waals surface area contributed by atoms with Crippen molar-refractivity contribution in [1.82, 2.24) is 4.90 Å². The Morgan fingerprint density at radius 2 is 1.88 bits per heavy atom. The minimum absolute atomic E-state index is 0.0103. The van der Waals surface area contributed by atoms with Gasteiger partial charge in [-0.1, -0.05) is 0 Å². The van der Waals surface area contributed by atoms with E-state index < -0.39 is 39.3 Å². The summed E-state index contributed by atoms with van der Waals surface area (Å²) in [5.41, 5.74) is 4.91. The summed E-state index contributed by atoms with van der Waals surface area (Å²) in [5.74, 6) is -2.92. The molecule has 10 heteroatoms. The topological polar surface area (TPSA) is 80.5 Å². The Morgan fingerprint density at radius 3 is 2.12 bits per heavy atom. The molecule has 0 aliphatic rings. The molecule has 0 fully saturated rings. The Bertz CT molecular complexity index is 390. The van der Waals surface area contributed by atoms with Gasteiger partial charge >= 0.3 is 12.1 Å². The van der Waals surface area contributed by atoms with Gasteiger partial charge in [0.15, 0.2) is 5.11 Å². The molecule has 16 heavy (non-hydrogen) atoms. The van der Waals surface area contributed by atoms with Gasteiger partial charge in [0.05, 0.1) is 5.75 Å². The number of sulfone groups is 1. The van der Waals surface area contributed by atoms with Crippen LogP contribution in [0.4, 0.5) is 13.2 Å². The lowest BCUT2D eigenvalue weighted by molar-refractivity contribution is -0.180. The van der Waals surface area contributed by atoms with Gasteiger partial charge in [0, 0.05) is 12.8 Å². The number of hydrogen-bond acceptors (Lipinski definition) is 4. The predicted octanol–water partition coefficient (Wildman–Crippen LogP) is -0.334. The van der Waals surface area contributed by atoms with Crippen LogP contribution in [0.15, 0.2) is 0 Å². The van der Waals surface area contributed by atoms with Crippen molar-refractivity contribution in [1.29, 1.82) is 0 Å². The maximum absolute atomic E-state index is 12.0. The summed E-state index contributed by atoms with van der Waals surface area (Å²) < 4.78 is 57.5. The van der Waals surface area contributed by atoms with Crippen molar-refractivity contribution in [3.8, 4) is 0 Å². The summed E-state index contributed by atoms with van der Waals surface area (Å²) in [6.45, 7) is -0.716. The van der Waals surface area contributed by atoms with Crippen LogP contribution >= 0.6 is 12.2 Å². The molecule has 0 radical (unpaired) electrons. The highest BCUT2D eigenvalue weighted by molar-refractivity contribution is 7.90. The quantitative estimate of drug-likeness (QED) is 0.715. The SMILES string of the molecule is CS(=O)(=O)CCN(C(=O)C(F)(F)F)C(N)=S. The van der Waals surface area contributed by atoms with Crippen molar-refractivity contribution in [2.24, 2.45) is 5.73 Å². The lowest BCUT2D eigenvalue weighted by Crippen LogP contribution is -2.48. The number of alkyl halides is 3. The average Bonchev–Trinajstić information content (AvgIpc) is 1.99. The summed E-state index contributed by atoms with van der Waals surface area (Å²) in [7, 11) is -3.51. The normalized spacial score (nSPS) is 12.2. The summed E-state index contributed by atoms with van der Waals surface area (Å²) in [6.07, 6.45) is -4.32. The number of nitrogens with two attached hydrogens (primary N) is 1. The molecule has 0 unspecified atom stereocenters. The number of hydrogen-bond donors (Lipinski definition) is 1. The number of rotatable bonds is 3. The Kier molecular flexibility index (Phi) is 4.68. The van der Waals surface area contributed by atoms with Crippen molar-refractivity contribution in [3.63, 3.8) is 0 Å². The molecule has 2 N–H and O–H groups in total. The molecule has 1 amide bonds. The van der Waals surface area contributed by atoms with E-state index in [9.17, 15) is 26.4 Å². The Balaban J connectivity index is 4.79. The van der Waals surface area contributed by atoms with Gasteiger partial charge in [-0.15, -0.1) is 0 Å². The molecule has 94 valence electrons. The van der Waals surface area contributed by atoms with Gasteiger partial charge in [0.2, 0.25) is 0 Å². The fourth-order valence-corrected chi connectivity index (χ4v) is 1.41. The monoisotopic (exact) mass is 278 g/mol. The van der Waals surface area contributed by atoms with Crippen LogP contribution in [0.25, 0.3) is 0 Å². The van der Waals surface area contributed by atoms with Crippen LogP contribution in [0, 0.1) is 0 Å². The van der Waals surface area contributed by atoms with E-state index in [0.29, 0.717) is 0 Å². The second-order valence-corrected chi connectivity index (χ2v) is 5.60. The van der Waals surface area contributed by atoms with Gasteiger partial charge in [-0.3, -0.25) is 9.69 Å². The van der Waals surface area contributed by atoms with Crippen LogP contribution in [0.3, 0.4) is 0 Å². The molecule has 0 saturated carbocycles. The van der Waals surface area contributed by atoms with Crippen molar-refractivity contribution < 1.29 is 26.4 Å². The van der Waals surface area contributed by atoms with Crippen LogP contribution in [0.5, 0.6) is 0 Å². The molecule has 0 heterocycles. The zero-order chi connectivity index (χ0) is 13.1. The first-order valence-corrected chi connectivity index (χ1v) is 6.28. The summed E-state index contributed by atoms with van der Waals surface area (Å²) >= 11 is 4.24. The molecule has 0 aromatic carbocycles. The molecule has 5 nitrogen and oxygen atoms in total. The Hall–Kier alpha value is -0.900. The molecule has 0 aliphatic heterocycles. The molecule has 0 saturated heterocycles. The van der Waals surface area contributed by atoms with Crippen molar-refractivity contribution >= 4 is 33.1 Å². The summed E-state index contributed by atoms with van der Waals surface area (Å²) in [4.78, 5) is 10.8. The first-order chi connectivity index (χ1) is 6.95. The fourth-order valence-electron chi connectivity index (χ4n) is 0.722. The molecule has 0 spiro atoms. The molecule has 0 aromatic rings. The van der Waals surface area contributed by atoms with Gasteiger partial charge < -0.3 is 5.73 Å². The Morgan fingerprint density at radius 1 is 1.44 bits per heavy atom. The number of halogens is 3. The number of carbonyl (C=O) groups is 1. The van der Waals surface area contributed by atoms with E-state index in [1.807, 2.05) is 0 Å². The third-order valence-corrected chi connectivity index (χ3v) is 2.58. The van der Waals surface area contributed by atoms with Gasteiger partial charge in [-0.25, -0.2) is 8.42 Å². The van der Waals surface area contributed by atoms with Crippen LogP contribution < -0.4 is 5.73 Å². The first kappa shape index (κ1) is 15.1. The minimum atomic E-state index is -5.14. The lowest BCUT2D eigenvalue weighted by atomic mass is 10.5. The van der Waals surface area contributed by atoms with Gasteiger partial charge in [0.25, 0.3) is 0 Å². The van der Waals surface area contributed by atoms with Gasteiger partial charge in [0.1, 0.15) is 9.84 Å². The number of carbonyl (C=O) groups excluding carboxylic acids is 1. The molecule has 0 rings (SSSR count). The minimum Gasteiger partial charge on any atom is -0.376 e. The molecule has 0 atom stereocenters. The molecular weight excluding hydrogens is 269 g/mol. The second kappa shape index (κ2) is 4.95. The lowest BCUT2D eigenvalue weighted by Gasteiger charge is -2.21. The number of thiocarbonyl (C=S) groups is 1. The maximum atomic E-state index is 12.0. The van der Waals surface area contributed by atoms with Crippen LogP contribution in [0.1, 0.15) is 0 Å². The van der Waals surface area contributed by atoms with Crippen molar-refractivity contribution in [2.75, 3.05) is 18.6 Å². The molecular formula is C6H9F3N2O3S2. The van der Waals surface area contributed by atoms with E-state index in [4.69, 9.17) is 5.73 Å². The summed E-state index contributed by atoms with van der Waals surface area (Å²) in [5, 5.41) is -0.814. The largest absolute Gasteiger partial charge is 0.471 e. The highest BCUT2D eigenvalue weighted by Gasteiger charge is 2.43. The highest BCUT2D eigenvalue weighted by atomic mass is 32.2. The molecule has 0 bridgehead atoms. The van der Waals surface area contributed by atoms with E-state index in [1.54, 1.807) is 0 Å². The highest BCUT2D eigenvalue weighted by Crippen LogP contribution is 2.18. The zero-order valence-electron chi connectivity index (χ0n) is 8.11. The van der Waals surface area contributed by atoms with E-state index in [0.717, 1.165) is 6.26 Å². The van der Waals surface area contributed by atoms with Gasteiger partial charge in [-0.05, 0) is 12.2 Å². The zero-order valence-corrected chi connectivity index (χ0v) is 9.75. The van der Waals surface area contributed by atoms with E-state index in [-0.39, 0.29) is 4.90 Å². The first-order valence-electron chi connectivity index (χ1n) is 3.81. The fraction of sp³-hybridized carbons (Fsp3) is 0.667.